The molecule has 5 aliphatic rings. The molecule has 0 amide bonds. The molecule has 2 nitrogen and oxygen atoms in total. The molecular formula is C31H52O2. The molecule has 0 radical (unpaired) electrons. The van der Waals surface area contributed by atoms with E-state index in [1.807, 2.05) is 0 Å². The van der Waals surface area contributed by atoms with Crippen LogP contribution in [0.5, 0.6) is 0 Å². The van der Waals surface area contributed by atoms with E-state index in [9.17, 15) is 10.2 Å². The van der Waals surface area contributed by atoms with Crippen LogP contribution >= 0.6 is 0 Å². The molecule has 5 aliphatic carbocycles. The molecular weight excluding hydrogens is 404 g/mol. The molecule has 0 unspecified atom stereocenters. The van der Waals surface area contributed by atoms with E-state index in [0.29, 0.717) is 27.6 Å². The Morgan fingerprint density at radius 2 is 1.48 bits per heavy atom. The molecule has 10 atom stereocenters. The predicted molar refractivity (Wildman–Crippen MR) is 137 cm³/mol. The highest BCUT2D eigenvalue weighted by Gasteiger charge is 2.82. The average Bonchev–Trinajstić information content (AvgIpc) is 3.32. The van der Waals surface area contributed by atoms with Gasteiger partial charge in [0, 0.05) is 0 Å². The second kappa shape index (κ2) is 7.34. The van der Waals surface area contributed by atoms with Gasteiger partial charge in [-0.05, 0) is 126 Å². The molecule has 0 aromatic rings. The average molecular weight is 457 g/mol. The van der Waals surface area contributed by atoms with E-state index in [-0.39, 0.29) is 23.5 Å². The van der Waals surface area contributed by atoms with E-state index in [1.54, 1.807) is 0 Å². The van der Waals surface area contributed by atoms with Crippen LogP contribution in [-0.4, -0.2) is 22.4 Å². The lowest BCUT2D eigenvalue weighted by molar-refractivity contribution is -0.161. The van der Waals surface area contributed by atoms with Crippen LogP contribution in [0.1, 0.15) is 113 Å². The first-order valence-electron chi connectivity index (χ1n) is 14.3. The van der Waals surface area contributed by atoms with Gasteiger partial charge < -0.3 is 10.2 Å². The predicted octanol–water partition coefficient (Wildman–Crippen LogP) is 7.39. The second-order valence-electron chi connectivity index (χ2n) is 15.1. The van der Waals surface area contributed by atoms with Crippen LogP contribution in [0.4, 0.5) is 0 Å². The van der Waals surface area contributed by atoms with Gasteiger partial charge in [-0.25, -0.2) is 0 Å². The van der Waals surface area contributed by atoms with Gasteiger partial charge in [-0.15, -0.1) is 0 Å². The van der Waals surface area contributed by atoms with Crippen LogP contribution in [-0.2, 0) is 0 Å². The van der Waals surface area contributed by atoms with Crippen molar-refractivity contribution in [1.29, 1.82) is 0 Å². The second-order valence-corrected chi connectivity index (χ2v) is 15.1. The van der Waals surface area contributed by atoms with Gasteiger partial charge in [0.25, 0.3) is 0 Å². The van der Waals surface area contributed by atoms with Crippen molar-refractivity contribution in [3.8, 4) is 0 Å². The van der Waals surface area contributed by atoms with Gasteiger partial charge >= 0.3 is 0 Å². The molecule has 0 bridgehead atoms. The quantitative estimate of drug-likeness (QED) is 0.423. The highest BCUT2D eigenvalue weighted by molar-refractivity contribution is 5.30. The molecule has 0 aromatic heterocycles. The number of hydrogen-bond acceptors (Lipinski definition) is 2. The van der Waals surface area contributed by atoms with Crippen molar-refractivity contribution in [2.75, 3.05) is 0 Å². The Labute approximate surface area is 204 Å². The summed E-state index contributed by atoms with van der Waals surface area (Å²) in [4.78, 5) is 0. The molecule has 2 spiro atoms. The summed E-state index contributed by atoms with van der Waals surface area (Å²) < 4.78 is 0. The summed E-state index contributed by atoms with van der Waals surface area (Å²) in [6, 6.07) is 0. The summed E-state index contributed by atoms with van der Waals surface area (Å²) in [5.74, 6) is 3.18. The summed E-state index contributed by atoms with van der Waals surface area (Å²) in [6.45, 7) is 21.0. The molecule has 33 heavy (non-hydrogen) atoms. The van der Waals surface area contributed by atoms with E-state index in [1.165, 1.54) is 51.4 Å². The van der Waals surface area contributed by atoms with Gasteiger partial charge in [0.2, 0.25) is 0 Å². The van der Waals surface area contributed by atoms with Crippen LogP contribution in [0.25, 0.3) is 0 Å². The zero-order valence-electron chi connectivity index (χ0n) is 22.7. The first-order valence-corrected chi connectivity index (χ1v) is 14.3. The van der Waals surface area contributed by atoms with E-state index in [2.05, 4.69) is 55.0 Å². The zero-order valence-corrected chi connectivity index (χ0v) is 22.7. The summed E-state index contributed by atoms with van der Waals surface area (Å²) >= 11 is 0. The molecule has 2 heteroatoms. The molecule has 0 aliphatic heterocycles. The van der Waals surface area contributed by atoms with Gasteiger partial charge in [-0.1, -0.05) is 55.0 Å². The first-order chi connectivity index (χ1) is 15.3. The van der Waals surface area contributed by atoms with E-state index >= 15 is 0 Å². The lowest BCUT2D eigenvalue weighted by Crippen LogP contribution is -2.57. The minimum absolute atomic E-state index is 0.0821. The molecule has 5 saturated carbocycles. The summed E-state index contributed by atoms with van der Waals surface area (Å²) in [5.41, 5.74) is 3.08. The molecule has 0 heterocycles. The Balaban J connectivity index is 1.39. The Morgan fingerprint density at radius 3 is 2.15 bits per heavy atom. The molecule has 5 rings (SSSR count). The number of rotatable bonds is 5. The smallest absolute Gasteiger partial charge is 0.0770 e. The monoisotopic (exact) mass is 456 g/mol. The maximum absolute atomic E-state index is 10.9. The number of aliphatic hydroxyl groups is 2. The van der Waals surface area contributed by atoms with E-state index < -0.39 is 0 Å². The SMILES string of the molecule is C=C(C[C@@H](C)[C@H]1CC[C@@]2(C)[C@@H]3CC[C@H]4C(C)(C)[C@@H](O)CC[C@@]45C[C@@]35CC[C@]12C)[C@H](O)C(C)C. The Hall–Kier alpha value is -0.340. The lowest BCUT2D eigenvalue weighted by Gasteiger charge is -2.63. The van der Waals surface area contributed by atoms with Gasteiger partial charge in [0.05, 0.1) is 12.2 Å². The first kappa shape index (κ1) is 24.4. The van der Waals surface area contributed by atoms with Crippen molar-refractivity contribution in [2.45, 2.75) is 125 Å². The third-order valence-electron chi connectivity index (χ3n) is 13.5. The summed E-state index contributed by atoms with van der Waals surface area (Å²) in [7, 11) is 0. The minimum atomic E-state index is -0.366. The van der Waals surface area contributed by atoms with Crippen LogP contribution in [0, 0.1) is 56.7 Å². The fraction of sp³-hybridized carbons (Fsp3) is 0.935. The molecule has 0 aromatic carbocycles. The maximum atomic E-state index is 10.9. The normalized spacial score (nSPS) is 51.7. The van der Waals surface area contributed by atoms with E-state index in [0.717, 1.165) is 36.2 Å². The number of aliphatic hydroxyl groups excluding tert-OH is 2. The molecule has 2 N–H and O–H groups in total. The van der Waals surface area contributed by atoms with E-state index in [4.69, 9.17) is 0 Å². The van der Waals surface area contributed by atoms with Gasteiger partial charge in [-0.2, -0.15) is 0 Å². The Kier molecular flexibility index (Phi) is 5.42. The fourth-order valence-corrected chi connectivity index (χ4v) is 11.4. The van der Waals surface area contributed by atoms with Crippen LogP contribution in [0.2, 0.25) is 0 Å². The Bertz CT molecular complexity index is 814. The largest absolute Gasteiger partial charge is 0.393 e. The molecule has 5 fully saturated rings. The molecule has 188 valence electrons. The Morgan fingerprint density at radius 1 is 0.848 bits per heavy atom. The minimum Gasteiger partial charge on any atom is -0.393 e. The summed E-state index contributed by atoms with van der Waals surface area (Å²) in [5, 5.41) is 21.4. The number of fused-ring (bicyclic) bond motifs is 2. The summed E-state index contributed by atoms with van der Waals surface area (Å²) in [6.07, 6.45) is 12.5. The molecule has 0 saturated heterocycles. The third-order valence-corrected chi connectivity index (χ3v) is 13.5. The van der Waals surface area contributed by atoms with Crippen LogP contribution in [0.15, 0.2) is 12.2 Å². The fourth-order valence-electron chi connectivity index (χ4n) is 11.4. The zero-order chi connectivity index (χ0) is 24.2. The maximum Gasteiger partial charge on any atom is 0.0770 e. The lowest BCUT2D eigenvalue weighted by atomic mass is 9.41. The highest BCUT2D eigenvalue weighted by Crippen LogP contribution is 2.89. The van der Waals surface area contributed by atoms with Gasteiger partial charge in [0.1, 0.15) is 0 Å². The van der Waals surface area contributed by atoms with Crippen molar-refractivity contribution in [2.24, 2.45) is 56.7 Å². The van der Waals surface area contributed by atoms with Crippen LogP contribution in [0.3, 0.4) is 0 Å². The van der Waals surface area contributed by atoms with Crippen molar-refractivity contribution in [3.05, 3.63) is 12.2 Å². The topological polar surface area (TPSA) is 40.5 Å². The van der Waals surface area contributed by atoms with Crippen molar-refractivity contribution in [3.63, 3.8) is 0 Å². The van der Waals surface area contributed by atoms with Crippen molar-refractivity contribution < 1.29 is 10.2 Å². The van der Waals surface area contributed by atoms with Crippen molar-refractivity contribution >= 4 is 0 Å². The standard InChI is InChI=1S/C31H52O2/c1-19(2)26(33)21(4)17-20(3)22-11-13-29(8)24-10-9-23-27(5,6)25(32)12-14-30(23)18-31(24,30)16-15-28(22,29)7/h19-20,22-26,32-33H,4,9-18H2,1-3,5-8H3/t20-,22-,23+,24+,25+,26-,28-,29+,30-,31+/m1/s1. The highest BCUT2D eigenvalue weighted by atomic mass is 16.3. The van der Waals surface area contributed by atoms with Gasteiger partial charge in [-0.3, -0.25) is 0 Å². The van der Waals surface area contributed by atoms with Crippen molar-refractivity contribution in [1.82, 2.24) is 0 Å². The van der Waals surface area contributed by atoms with Crippen LogP contribution < -0.4 is 0 Å². The third kappa shape index (κ3) is 2.92. The number of hydrogen-bond donors (Lipinski definition) is 2. The van der Waals surface area contributed by atoms with Gasteiger partial charge in [0.15, 0.2) is 0 Å².